The van der Waals surface area contributed by atoms with Crippen LogP contribution in [-0.2, 0) is 4.74 Å². The van der Waals surface area contributed by atoms with Crippen molar-refractivity contribution >= 4 is 11.6 Å². The first-order chi connectivity index (χ1) is 7.00. The number of alkyl halides is 1. The fourth-order valence-electron chi connectivity index (χ4n) is 2.67. The SMILES string of the molecule is CC1CCC(OC2CC(Cl)C2(C)C)CC1. The van der Waals surface area contributed by atoms with Crippen molar-refractivity contribution in [3.8, 4) is 0 Å². The summed E-state index contributed by atoms with van der Waals surface area (Å²) in [5, 5.41) is 0.310. The summed E-state index contributed by atoms with van der Waals surface area (Å²) in [5.74, 6) is 0.903. The van der Waals surface area contributed by atoms with Crippen molar-refractivity contribution in [2.75, 3.05) is 0 Å². The van der Waals surface area contributed by atoms with Crippen LogP contribution in [0, 0.1) is 11.3 Å². The number of rotatable bonds is 2. The summed E-state index contributed by atoms with van der Waals surface area (Å²) < 4.78 is 6.18. The Bertz CT molecular complexity index is 219. The zero-order valence-corrected chi connectivity index (χ0v) is 10.9. The highest BCUT2D eigenvalue weighted by Crippen LogP contribution is 2.47. The third-order valence-electron chi connectivity index (χ3n) is 4.38. The molecule has 2 atom stereocenters. The Kier molecular flexibility index (Phi) is 3.33. The van der Waals surface area contributed by atoms with E-state index in [1.807, 2.05) is 0 Å². The highest BCUT2D eigenvalue weighted by atomic mass is 35.5. The molecule has 0 aromatic rings. The molecule has 0 radical (unpaired) electrons. The van der Waals surface area contributed by atoms with Crippen LogP contribution in [0.4, 0.5) is 0 Å². The zero-order valence-electron chi connectivity index (χ0n) is 10.1. The highest BCUT2D eigenvalue weighted by Gasteiger charge is 2.48. The maximum absolute atomic E-state index is 6.20. The molecule has 0 spiro atoms. The van der Waals surface area contributed by atoms with E-state index in [-0.39, 0.29) is 5.41 Å². The Labute approximate surface area is 98.5 Å². The van der Waals surface area contributed by atoms with Crippen LogP contribution in [0.3, 0.4) is 0 Å². The van der Waals surface area contributed by atoms with E-state index in [1.54, 1.807) is 0 Å². The van der Waals surface area contributed by atoms with Crippen LogP contribution in [0.15, 0.2) is 0 Å². The van der Waals surface area contributed by atoms with Gasteiger partial charge in [-0.3, -0.25) is 0 Å². The fraction of sp³-hybridized carbons (Fsp3) is 1.00. The minimum Gasteiger partial charge on any atom is -0.374 e. The van der Waals surface area contributed by atoms with Gasteiger partial charge in [0.2, 0.25) is 0 Å². The Morgan fingerprint density at radius 2 is 1.73 bits per heavy atom. The maximum atomic E-state index is 6.20. The van der Waals surface area contributed by atoms with Gasteiger partial charge in [-0.25, -0.2) is 0 Å². The maximum Gasteiger partial charge on any atom is 0.0658 e. The van der Waals surface area contributed by atoms with Gasteiger partial charge in [0.05, 0.1) is 12.2 Å². The molecule has 0 heterocycles. The van der Waals surface area contributed by atoms with Crippen LogP contribution in [0.2, 0.25) is 0 Å². The molecule has 2 heteroatoms. The molecule has 2 saturated carbocycles. The second kappa shape index (κ2) is 4.25. The van der Waals surface area contributed by atoms with Gasteiger partial charge in [0.15, 0.2) is 0 Å². The van der Waals surface area contributed by atoms with Gasteiger partial charge in [0.25, 0.3) is 0 Å². The van der Waals surface area contributed by atoms with Gasteiger partial charge in [-0.2, -0.15) is 0 Å². The topological polar surface area (TPSA) is 9.23 Å². The van der Waals surface area contributed by atoms with Crippen LogP contribution in [0.5, 0.6) is 0 Å². The Hall–Kier alpha value is 0.250. The average Bonchev–Trinajstić information content (AvgIpc) is 2.21. The molecule has 0 aromatic carbocycles. The van der Waals surface area contributed by atoms with E-state index in [2.05, 4.69) is 20.8 Å². The molecule has 15 heavy (non-hydrogen) atoms. The lowest BCUT2D eigenvalue weighted by molar-refractivity contribution is -0.134. The smallest absolute Gasteiger partial charge is 0.0658 e. The second-order valence-corrected chi connectivity index (χ2v) is 6.56. The summed E-state index contributed by atoms with van der Waals surface area (Å²) >= 11 is 6.20. The molecule has 2 fully saturated rings. The predicted octanol–water partition coefficient (Wildman–Crippen LogP) is 3.99. The van der Waals surface area contributed by atoms with E-state index in [0.717, 1.165) is 12.3 Å². The highest BCUT2D eigenvalue weighted by molar-refractivity contribution is 6.21. The van der Waals surface area contributed by atoms with E-state index in [0.29, 0.717) is 17.6 Å². The normalized spacial score (nSPS) is 44.8. The van der Waals surface area contributed by atoms with Gasteiger partial charge < -0.3 is 4.74 Å². The number of hydrogen-bond donors (Lipinski definition) is 0. The van der Waals surface area contributed by atoms with Crippen LogP contribution >= 0.6 is 11.6 Å². The summed E-state index contributed by atoms with van der Waals surface area (Å²) in [6.07, 6.45) is 7.12. The lowest BCUT2D eigenvalue weighted by Gasteiger charge is -2.50. The largest absolute Gasteiger partial charge is 0.374 e. The summed E-state index contributed by atoms with van der Waals surface area (Å²) in [6.45, 7) is 6.80. The first kappa shape index (κ1) is 11.7. The van der Waals surface area contributed by atoms with Crippen molar-refractivity contribution < 1.29 is 4.74 Å². The summed E-state index contributed by atoms with van der Waals surface area (Å²) in [5.41, 5.74) is 0.185. The van der Waals surface area contributed by atoms with Crippen molar-refractivity contribution in [1.29, 1.82) is 0 Å². The zero-order chi connectivity index (χ0) is 11.1. The van der Waals surface area contributed by atoms with Gasteiger partial charge in [-0.05, 0) is 38.0 Å². The molecule has 1 nitrogen and oxygen atoms in total. The van der Waals surface area contributed by atoms with Gasteiger partial charge >= 0.3 is 0 Å². The van der Waals surface area contributed by atoms with Crippen molar-refractivity contribution in [3.05, 3.63) is 0 Å². The molecule has 0 bridgehead atoms. The summed E-state index contributed by atoms with van der Waals surface area (Å²) in [4.78, 5) is 0. The molecule has 0 N–H and O–H groups in total. The van der Waals surface area contributed by atoms with Crippen molar-refractivity contribution in [3.63, 3.8) is 0 Å². The Morgan fingerprint density at radius 1 is 1.13 bits per heavy atom. The van der Waals surface area contributed by atoms with Gasteiger partial charge in [0.1, 0.15) is 0 Å². The van der Waals surface area contributed by atoms with Crippen LogP contribution in [0.1, 0.15) is 52.9 Å². The number of ether oxygens (including phenoxy) is 1. The van der Waals surface area contributed by atoms with Gasteiger partial charge in [-0.15, -0.1) is 11.6 Å². The third kappa shape index (κ3) is 2.34. The molecular formula is C13H23ClO. The molecule has 0 amide bonds. The van der Waals surface area contributed by atoms with E-state index in [4.69, 9.17) is 16.3 Å². The number of halogens is 1. The van der Waals surface area contributed by atoms with E-state index in [1.165, 1.54) is 25.7 Å². The van der Waals surface area contributed by atoms with E-state index >= 15 is 0 Å². The van der Waals surface area contributed by atoms with E-state index in [9.17, 15) is 0 Å². The minimum absolute atomic E-state index is 0.185. The number of hydrogen-bond acceptors (Lipinski definition) is 1. The van der Waals surface area contributed by atoms with E-state index < -0.39 is 0 Å². The lowest BCUT2D eigenvalue weighted by atomic mass is 9.68. The van der Waals surface area contributed by atoms with Gasteiger partial charge in [0, 0.05) is 10.8 Å². The first-order valence-corrected chi connectivity index (χ1v) is 6.73. The monoisotopic (exact) mass is 230 g/mol. The van der Waals surface area contributed by atoms with Gasteiger partial charge in [-0.1, -0.05) is 20.8 Å². The molecule has 2 aliphatic carbocycles. The predicted molar refractivity (Wildman–Crippen MR) is 64.3 cm³/mol. The minimum atomic E-state index is 0.185. The van der Waals surface area contributed by atoms with Crippen LogP contribution < -0.4 is 0 Å². The fourth-order valence-corrected chi connectivity index (χ4v) is 2.97. The molecule has 0 aromatic heterocycles. The van der Waals surface area contributed by atoms with Crippen molar-refractivity contribution in [2.24, 2.45) is 11.3 Å². The molecule has 88 valence electrons. The average molecular weight is 231 g/mol. The quantitative estimate of drug-likeness (QED) is 0.652. The molecule has 0 saturated heterocycles. The Morgan fingerprint density at radius 3 is 2.20 bits per heavy atom. The summed E-state index contributed by atoms with van der Waals surface area (Å²) in [7, 11) is 0. The molecule has 0 aliphatic heterocycles. The van der Waals surface area contributed by atoms with Crippen LogP contribution in [-0.4, -0.2) is 17.6 Å². The first-order valence-electron chi connectivity index (χ1n) is 6.29. The summed E-state index contributed by atoms with van der Waals surface area (Å²) in [6, 6.07) is 0. The second-order valence-electron chi connectivity index (χ2n) is 6.03. The molecular weight excluding hydrogens is 208 g/mol. The standard InChI is InChI=1S/C13H23ClO/c1-9-4-6-10(7-5-9)15-12-8-11(14)13(12,2)3/h9-12H,4-8H2,1-3H3. The Balaban J connectivity index is 1.79. The molecule has 2 aliphatic rings. The molecule has 2 unspecified atom stereocenters. The van der Waals surface area contributed by atoms with Crippen LogP contribution in [0.25, 0.3) is 0 Å². The van der Waals surface area contributed by atoms with Crippen molar-refractivity contribution in [2.45, 2.75) is 70.5 Å². The third-order valence-corrected chi connectivity index (χ3v) is 5.12. The molecule has 2 rings (SSSR count). The van der Waals surface area contributed by atoms with Crippen molar-refractivity contribution in [1.82, 2.24) is 0 Å². The lowest BCUT2D eigenvalue weighted by Crippen LogP contribution is -2.53.